The number of nitrogens with one attached hydrogen (secondary N) is 1. The molecule has 2 nitrogen and oxygen atoms in total. The van der Waals surface area contributed by atoms with E-state index in [1.165, 1.54) is 81.7 Å². The summed E-state index contributed by atoms with van der Waals surface area (Å²) in [5.74, 6) is 2.53. The van der Waals surface area contributed by atoms with E-state index in [9.17, 15) is 0 Å². The van der Waals surface area contributed by atoms with Crippen molar-refractivity contribution in [2.24, 2.45) is 5.92 Å². The Labute approximate surface area is 145 Å². The van der Waals surface area contributed by atoms with Gasteiger partial charge in [0.1, 0.15) is 5.82 Å². The molecule has 1 aromatic heterocycles. The summed E-state index contributed by atoms with van der Waals surface area (Å²) in [6.45, 7) is 0. The molecule has 2 aromatic rings. The molecule has 2 aliphatic carbocycles. The van der Waals surface area contributed by atoms with E-state index in [0.29, 0.717) is 0 Å². The van der Waals surface area contributed by atoms with Crippen molar-refractivity contribution in [1.82, 2.24) is 9.97 Å². The summed E-state index contributed by atoms with van der Waals surface area (Å²) in [5, 5.41) is 0. The van der Waals surface area contributed by atoms with Crippen molar-refractivity contribution in [2.45, 2.75) is 76.5 Å². The van der Waals surface area contributed by atoms with E-state index in [-0.39, 0.29) is 0 Å². The Kier molecular flexibility index (Phi) is 5.01. The molecule has 0 atom stereocenters. The van der Waals surface area contributed by atoms with Crippen LogP contribution in [-0.4, -0.2) is 9.97 Å². The van der Waals surface area contributed by atoms with Crippen molar-refractivity contribution in [2.75, 3.05) is 0 Å². The number of hydrogen-bond acceptors (Lipinski definition) is 1. The third-order valence-corrected chi connectivity index (χ3v) is 6.03. The fourth-order valence-electron chi connectivity index (χ4n) is 4.55. The van der Waals surface area contributed by atoms with Gasteiger partial charge in [-0.1, -0.05) is 57.1 Å². The monoisotopic (exact) mass is 322 g/mol. The summed E-state index contributed by atoms with van der Waals surface area (Å²) in [5.41, 5.74) is 3.83. The third kappa shape index (κ3) is 3.74. The Morgan fingerprint density at radius 1 is 0.875 bits per heavy atom. The van der Waals surface area contributed by atoms with Gasteiger partial charge in [-0.05, 0) is 61.3 Å². The molecule has 1 heterocycles. The topological polar surface area (TPSA) is 28.7 Å². The van der Waals surface area contributed by atoms with E-state index >= 15 is 0 Å². The lowest BCUT2D eigenvalue weighted by atomic mass is 9.89. The number of H-pyrrole nitrogens is 1. The number of hydrogen-bond donors (Lipinski definition) is 1. The highest BCUT2D eigenvalue weighted by Crippen LogP contribution is 2.33. The molecule has 2 saturated carbocycles. The molecule has 0 amide bonds. The molecule has 0 unspecified atom stereocenters. The van der Waals surface area contributed by atoms with Gasteiger partial charge < -0.3 is 4.98 Å². The summed E-state index contributed by atoms with van der Waals surface area (Å²) in [6, 6.07) is 6.88. The molecule has 0 radical (unpaired) electrons. The van der Waals surface area contributed by atoms with Gasteiger partial charge in [0.2, 0.25) is 0 Å². The van der Waals surface area contributed by atoms with Gasteiger partial charge in [-0.2, -0.15) is 0 Å². The number of fused-ring (bicyclic) bond motifs is 1. The van der Waals surface area contributed by atoms with Crippen LogP contribution >= 0.6 is 0 Å². The van der Waals surface area contributed by atoms with Gasteiger partial charge in [0.25, 0.3) is 0 Å². The van der Waals surface area contributed by atoms with Crippen LogP contribution in [0.15, 0.2) is 24.3 Å². The van der Waals surface area contributed by atoms with Gasteiger partial charge in [0.05, 0.1) is 11.0 Å². The second-order valence-electron chi connectivity index (χ2n) is 7.84. The molecule has 0 saturated heterocycles. The molecule has 0 aliphatic heterocycles. The summed E-state index contributed by atoms with van der Waals surface area (Å²) >= 11 is 0. The summed E-state index contributed by atoms with van der Waals surface area (Å²) in [7, 11) is 0. The standard InChI is InChI=1S/C22H30N2/c1-2-7-11-18(10-6-1)19-13-14-20-21(16-19)24-22(23-20)15-12-17-8-4-3-5-9-17/h12-18H,1-11H2,(H,23,24)/b15-12+. The molecule has 4 rings (SSSR count). The van der Waals surface area contributed by atoms with Crippen LogP contribution in [0.2, 0.25) is 0 Å². The van der Waals surface area contributed by atoms with Crippen LogP contribution in [0.4, 0.5) is 0 Å². The number of imidazole rings is 1. The van der Waals surface area contributed by atoms with Gasteiger partial charge in [-0.3, -0.25) is 0 Å². The van der Waals surface area contributed by atoms with Gasteiger partial charge >= 0.3 is 0 Å². The lowest BCUT2D eigenvalue weighted by Crippen LogP contribution is -2.02. The van der Waals surface area contributed by atoms with Crippen molar-refractivity contribution in [3.8, 4) is 0 Å². The normalized spacial score (nSPS) is 21.5. The molecular weight excluding hydrogens is 292 g/mol. The van der Waals surface area contributed by atoms with Crippen molar-refractivity contribution in [3.05, 3.63) is 35.7 Å². The quantitative estimate of drug-likeness (QED) is 0.634. The molecule has 2 aliphatic rings. The first-order valence-corrected chi connectivity index (χ1v) is 10.1. The summed E-state index contributed by atoms with van der Waals surface area (Å²) < 4.78 is 0. The molecule has 128 valence electrons. The smallest absolute Gasteiger partial charge is 0.130 e. The highest BCUT2D eigenvalue weighted by atomic mass is 14.9. The first-order valence-electron chi connectivity index (χ1n) is 10.1. The van der Waals surface area contributed by atoms with E-state index < -0.39 is 0 Å². The van der Waals surface area contributed by atoms with Crippen molar-refractivity contribution in [3.63, 3.8) is 0 Å². The molecule has 0 bridgehead atoms. The number of aromatic nitrogens is 2. The minimum Gasteiger partial charge on any atom is -0.338 e. The molecule has 2 fully saturated rings. The van der Waals surface area contributed by atoms with E-state index in [1.54, 1.807) is 0 Å². The summed E-state index contributed by atoms with van der Waals surface area (Å²) in [6.07, 6.45) is 19.8. The Morgan fingerprint density at radius 3 is 2.38 bits per heavy atom. The van der Waals surface area contributed by atoms with Gasteiger partial charge in [0, 0.05) is 0 Å². The molecule has 1 N–H and O–H groups in total. The van der Waals surface area contributed by atoms with Crippen LogP contribution in [0, 0.1) is 5.92 Å². The average Bonchev–Trinajstić information content (AvgIpc) is 2.84. The van der Waals surface area contributed by atoms with Gasteiger partial charge in [0.15, 0.2) is 0 Å². The van der Waals surface area contributed by atoms with E-state index in [1.807, 2.05) is 0 Å². The summed E-state index contributed by atoms with van der Waals surface area (Å²) in [4.78, 5) is 8.29. The maximum Gasteiger partial charge on any atom is 0.130 e. The van der Waals surface area contributed by atoms with Crippen LogP contribution in [0.3, 0.4) is 0 Å². The van der Waals surface area contributed by atoms with E-state index in [0.717, 1.165) is 23.2 Å². The maximum atomic E-state index is 4.76. The van der Waals surface area contributed by atoms with Gasteiger partial charge in [-0.25, -0.2) is 4.98 Å². The van der Waals surface area contributed by atoms with Crippen LogP contribution < -0.4 is 0 Å². The maximum absolute atomic E-state index is 4.76. The Balaban J connectivity index is 1.51. The number of rotatable bonds is 3. The highest BCUT2D eigenvalue weighted by Gasteiger charge is 2.15. The third-order valence-electron chi connectivity index (χ3n) is 6.03. The minimum atomic E-state index is 0.751. The lowest BCUT2D eigenvalue weighted by molar-refractivity contribution is 0.420. The Bertz CT molecular complexity index is 683. The second kappa shape index (κ2) is 7.55. The molecular formula is C22H30N2. The zero-order valence-corrected chi connectivity index (χ0v) is 14.8. The fourth-order valence-corrected chi connectivity index (χ4v) is 4.55. The van der Waals surface area contributed by atoms with Crippen LogP contribution in [-0.2, 0) is 0 Å². The highest BCUT2D eigenvalue weighted by molar-refractivity contribution is 5.77. The van der Waals surface area contributed by atoms with E-state index in [4.69, 9.17) is 4.98 Å². The zero-order chi connectivity index (χ0) is 16.2. The van der Waals surface area contributed by atoms with Crippen molar-refractivity contribution >= 4 is 17.1 Å². The van der Waals surface area contributed by atoms with Crippen molar-refractivity contribution in [1.29, 1.82) is 0 Å². The van der Waals surface area contributed by atoms with Crippen LogP contribution in [0.25, 0.3) is 17.1 Å². The Morgan fingerprint density at radius 2 is 1.58 bits per heavy atom. The first kappa shape index (κ1) is 15.9. The predicted octanol–water partition coefficient (Wildman–Crippen LogP) is 6.59. The molecule has 0 spiro atoms. The predicted molar refractivity (Wildman–Crippen MR) is 102 cm³/mol. The average molecular weight is 322 g/mol. The minimum absolute atomic E-state index is 0.751. The van der Waals surface area contributed by atoms with Gasteiger partial charge in [-0.15, -0.1) is 0 Å². The number of aromatic amines is 1. The van der Waals surface area contributed by atoms with Crippen LogP contribution in [0.5, 0.6) is 0 Å². The second-order valence-corrected chi connectivity index (χ2v) is 7.84. The first-order chi connectivity index (χ1) is 11.9. The SMILES string of the molecule is C(=C\C1CCCCC1)/c1nc2ccc(C3CCCCCC3)cc2[nH]1. The zero-order valence-electron chi connectivity index (χ0n) is 14.8. The number of allylic oxidation sites excluding steroid dienone is 1. The molecule has 1 aromatic carbocycles. The molecule has 2 heteroatoms. The van der Waals surface area contributed by atoms with Crippen LogP contribution in [0.1, 0.15) is 87.9 Å². The molecule has 24 heavy (non-hydrogen) atoms. The lowest BCUT2D eigenvalue weighted by Gasteiger charge is -2.17. The van der Waals surface area contributed by atoms with Crippen molar-refractivity contribution < 1.29 is 0 Å². The fraction of sp³-hybridized carbons (Fsp3) is 0.591. The largest absolute Gasteiger partial charge is 0.338 e. The number of nitrogens with zero attached hydrogens (tertiary/aromatic N) is 1. The number of benzene rings is 1. The van der Waals surface area contributed by atoms with E-state index in [2.05, 4.69) is 35.3 Å². The Hall–Kier alpha value is -1.57.